The second kappa shape index (κ2) is 5.62. The molecule has 0 atom stereocenters. The minimum Gasteiger partial charge on any atom is -0.229 e. The van der Waals surface area contributed by atoms with Gasteiger partial charge in [-0.05, 0) is 25.7 Å². The smallest absolute Gasteiger partial charge is 0.215 e. The van der Waals surface area contributed by atoms with E-state index in [1.54, 1.807) is 0 Å². The summed E-state index contributed by atoms with van der Waals surface area (Å²) in [5.74, 6) is -0.170. The lowest BCUT2D eigenvalue weighted by atomic mass is 9.84. The third kappa shape index (κ3) is 3.51. The molecule has 1 N–H and O–H groups in total. The van der Waals surface area contributed by atoms with Gasteiger partial charge in [-0.25, -0.2) is 16.8 Å². The molecule has 8 heteroatoms. The van der Waals surface area contributed by atoms with Crippen LogP contribution in [0, 0.1) is 11.3 Å². The van der Waals surface area contributed by atoms with E-state index >= 15 is 0 Å². The third-order valence-electron chi connectivity index (χ3n) is 4.20. The van der Waals surface area contributed by atoms with Crippen molar-refractivity contribution in [1.29, 1.82) is 5.26 Å². The molecule has 2 aliphatic rings. The molecule has 0 bridgehead atoms. The van der Waals surface area contributed by atoms with E-state index in [2.05, 4.69) is 10.8 Å². The molecular weight excluding hydrogens is 300 g/mol. The van der Waals surface area contributed by atoms with Crippen LogP contribution in [0.25, 0.3) is 0 Å². The molecule has 1 aliphatic heterocycles. The van der Waals surface area contributed by atoms with Gasteiger partial charge < -0.3 is 0 Å². The molecule has 1 saturated carbocycles. The van der Waals surface area contributed by atoms with Gasteiger partial charge in [-0.1, -0.05) is 19.3 Å². The zero-order valence-corrected chi connectivity index (χ0v) is 13.0. The van der Waals surface area contributed by atoms with Gasteiger partial charge in [0.2, 0.25) is 10.0 Å². The van der Waals surface area contributed by atoms with Gasteiger partial charge >= 0.3 is 0 Å². The number of hydrogen-bond donors (Lipinski definition) is 1. The van der Waals surface area contributed by atoms with Gasteiger partial charge in [0.25, 0.3) is 0 Å². The highest BCUT2D eigenvalue weighted by Crippen LogP contribution is 2.30. The van der Waals surface area contributed by atoms with Gasteiger partial charge in [-0.3, -0.25) is 0 Å². The standard InChI is InChI=1S/C12H20N2O4S2/c13-10-12(6-2-1-3-7-12)14-20(17,18)11-4-8-19(15,16)9-5-11/h11,14H,1-9H2. The van der Waals surface area contributed by atoms with Crippen LogP contribution in [0.15, 0.2) is 0 Å². The first kappa shape index (κ1) is 15.7. The minimum atomic E-state index is -3.64. The number of hydrogen-bond acceptors (Lipinski definition) is 5. The average molecular weight is 320 g/mol. The maximum absolute atomic E-state index is 12.4. The van der Waals surface area contributed by atoms with E-state index in [-0.39, 0.29) is 24.3 Å². The highest BCUT2D eigenvalue weighted by Gasteiger charge is 2.40. The average Bonchev–Trinajstić information content (AvgIpc) is 2.38. The Kier molecular flexibility index (Phi) is 4.42. The van der Waals surface area contributed by atoms with Crippen LogP contribution in [0.3, 0.4) is 0 Å². The van der Waals surface area contributed by atoms with Gasteiger partial charge in [0.05, 0.1) is 22.8 Å². The highest BCUT2D eigenvalue weighted by atomic mass is 32.2. The van der Waals surface area contributed by atoms with Crippen LogP contribution in [0.5, 0.6) is 0 Å². The zero-order chi connectivity index (χ0) is 14.9. The Bertz CT molecular complexity index is 584. The molecule has 0 aromatic rings. The van der Waals surface area contributed by atoms with Gasteiger partial charge in [0.15, 0.2) is 0 Å². The van der Waals surface area contributed by atoms with E-state index in [4.69, 9.17) is 0 Å². The lowest BCUT2D eigenvalue weighted by molar-refractivity contribution is 0.336. The third-order valence-corrected chi connectivity index (χ3v) is 7.94. The van der Waals surface area contributed by atoms with E-state index in [0.29, 0.717) is 12.8 Å². The summed E-state index contributed by atoms with van der Waals surface area (Å²) in [6, 6.07) is 2.12. The summed E-state index contributed by atoms with van der Waals surface area (Å²) in [5.41, 5.74) is -0.993. The molecule has 114 valence electrons. The normalized spacial score (nSPS) is 26.8. The monoisotopic (exact) mass is 320 g/mol. The molecule has 2 rings (SSSR count). The van der Waals surface area contributed by atoms with Crippen molar-refractivity contribution < 1.29 is 16.8 Å². The van der Waals surface area contributed by atoms with Crippen LogP contribution in [-0.2, 0) is 19.9 Å². The van der Waals surface area contributed by atoms with Crippen LogP contribution in [0.1, 0.15) is 44.9 Å². The molecule has 1 aliphatic carbocycles. The molecule has 0 radical (unpaired) electrons. The molecule has 0 aromatic carbocycles. The fraction of sp³-hybridized carbons (Fsp3) is 0.917. The molecule has 20 heavy (non-hydrogen) atoms. The molecular formula is C12H20N2O4S2. The molecule has 0 amide bonds. The summed E-state index contributed by atoms with van der Waals surface area (Å²) in [6.07, 6.45) is 4.02. The van der Waals surface area contributed by atoms with Crippen molar-refractivity contribution >= 4 is 19.9 Å². The molecule has 0 aromatic heterocycles. The van der Waals surface area contributed by atoms with Crippen molar-refractivity contribution in [3.05, 3.63) is 0 Å². The van der Waals surface area contributed by atoms with Crippen LogP contribution in [0.2, 0.25) is 0 Å². The number of nitrogens with zero attached hydrogens (tertiary/aromatic N) is 1. The number of rotatable bonds is 3. The van der Waals surface area contributed by atoms with Gasteiger partial charge in [-0.2, -0.15) is 9.98 Å². The predicted molar refractivity (Wildman–Crippen MR) is 75.2 cm³/mol. The van der Waals surface area contributed by atoms with Crippen molar-refractivity contribution in [3.63, 3.8) is 0 Å². The summed E-state index contributed by atoms with van der Waals surface area (Å²) < 4.78 is 50.0. The Hall–Kier alpha value is -0.650. The van der Waals surface area contributed by atoms with E-state index < -0.39 is 30.6 Å². The van der Waals surface area contributed by atoms with Crippen LogP contribution in [0.4, 0.5) is 0 Å². The van der Waals surface area contributed by atoms with E-state index in [9.17, 15) is 22.1 Å². The summed E-state index contributed by atoms with van der Waals surface area (Å²) in [7, 11) is -6.73. The number of sulfonamides is 1. The first-order chi connectivity index (χ1) is 9.29. The molecule has 1 saturated heterocycles. The van der Waals surface area contributed by atoms with Gasteiger partial charge in [-0.15, -0.1) is 0 Å². The molecule has 1 heterocycles. The number of nitrogens with one attached hydrogen (secondary N) is 1. The Morgan fingerprint density at radius 1 is 1.10 bits per heavy atom. The number of sulfone groups is 1. The fourth-order valence-electron chi connectivity index (χ4n) is 2.93. The Morgan fingerprint density at radius 2 is 1.65 bits per heavy atom. The SMILES string of the molecule is N#CC1(NS(=O)(=O)C2CCS(=O)(=O)CC2)CCCCC1. The van der Waals surface area contributed by atoms with Crippen molar-refractivity contribution in [2.45, 2.75) is 55.7 Å². The van der Waals surface area contributed by atoms with E-state index in [1.807, 2.05) is 0 Å². The maximum Gasteiger partial charge on any atom is 0.215 e. The Balaban J connectivity index is 2.09. The van der Waals surface area contributed by atoms with Crippen LogP contribution >= 0.6 is 0 Å². The first-order valence-corrected chi connectivity index (χ1v) is 10.3. The summed E-state index contributed by atoms with van der Waals surface area (Å²) in [4.78, 5) is 0. The lowest BCUT2D eigenvalue weighted by Crippen LogP contribution is -2.52. The Morgan fingerprint density at radius 3 is 2.15 bits per heavy atom. The van der Waals surface area contributed by atoms with E-state index in [1.165, 1.54) is 0 Å². The van der Waals surface area contributed by atoms with Gasteiger partial charge in [0, 0.05) is 0 Å². The van der Waals surface area contributed by atoms with Crippen LogP contribution < -0.4 is 4.72 Å². The molecule has 2 fully saturated rings. The van der Waals surface area contributed by atoms with Gasteiger partial charge in [0.1, 0.15) is 15.4 Å². The maximum atomic E-state index is 12.4. The predicted octanol–water partition coefficient (Wildman–Crippen LogP) is 0.709. The van der Waals surface area contributed by atoms with Crippen LogP contribution in [-0.4, -0.2) is 39.1 Å². The highest BCUT2D eigenvalue weighted by molar-refractivity contribution is 7.92. The quantitative estimate of drug-likeness (QED) is 0.824. The topological polar surface area (TPSA) is 104 Å². The van der Waals surface area contributed by atoms with E-state index in [0.717, 1.165) is 19.3 Å². The lowest BCUT2D eigenvalue weighted by Gasteiger charge is -2.33. The second-order valence-electron chi connectivity index (χ2n) is 5.75. The minimum absolute atomic E-state index is 0.0852. The van der Waals surface area contributed by atoms with Crippen molar-refractivity contribution in [1.82, 2.24) is 4.72 Å². The number of nitriles is 1. The second-order valence-corrected chi connectivity index (χ2v) is 10.0. The largest absolute Gasteiger partial charge is 0.229 e. The van der Waals surface area contributed by atoms with Crippen molar-refractivity contribution in [2.75, 3.05) is 11.5 Å². The summed E-state index contributed by atoms with van der Waals surface area (Å²) >= 11 is 0. The first-order valence-electron chi connectivity index (χ1n) is 6.93. The molecule has 6 nitrogen and oxygen atoms in total. The fourth-order valence-corrected chi connectivity index (χ4v) is 6.53. The Labute approximate surface area is 120 Å². The molecule has 0 spiro atoms. The zero-order valence-electron chi connectivity index (χ0n) is 11.3. The van der Waals surface area contributed by atoms with Crippen molar-refractivity contribution in [3.8, 4) is 6.07 Å². The summed E-state index contributed by atoms with van der Waals surface area (Å²) in [5, 5.41) is 8.62. The molecule has 0 unspecified atom stereocenters. The van der Waals surface area contributed by atoms with Crippen molar-refractivity contribution in [2.24, 2.45) is 0 Å². The summed E-state index contributed by atoms with van der Waals surface area (Å²) in [6.45, 7) is 0.